The van der Waals surface area contributed by atoms with Crippen molar-refractivity contribution in [3.05, 3.63) is 22.8 Å². The van der Waals surface area contributed by atoms with Crippen LogP contribution < -0.4 is 9.16 Å². The highest BCUT2D eigenvalue weighted by Gasteiger charge is 2.39. The van der Waals surface area contributed by atoms with E-state index in [0.29, 0.717) is 22.6 Å². The molecule has 0 unspecified atom stereocenters. The first kappa shape index (κ1) is 17.6. The maximum atomic E-state index is 11.5. The lowest BCUT2D eigenvalue weighted by molar-refractivity contribution is 0.0694. The summed E-state index contributed by atoms with van der Waals surface area (Å²) >= 11 is 0. The van der Waals surface area contributed by atoms with Crippen LogP contribution in [0.2, 0.25) is 18.1 Å². The maximum Gasteiger partial charge on any atom is 0.336 e. The second-order valence-corrected chi connectivity index (χ2v) is 11.6. The zero-order chi connectivity index (χ0) is 16.6. The topological polar surface area (TPSA) is 55.8 Å². The van der Waals surface area contributed by atoms with Gasteiger partial charge in [0, 0.05) is 17.2 Å². The summed E-state index contributed by atoms with van der Waals surface area (Å²) in [6.07, 6.45) is 0. The van der Waals surface area contributed by atoms with Gasteiger partial charge in [-0.3, -0.25) is 0 Å². The van der Waals surface area contributed by atoms with Crippen molar-refractivity contribution in [1.29, 1.82) is 0 Å². The molecule has 1 N–H and O–H groups in total. The molecule has 0 saturated carbocycles. The number of aromatic carboxylic acids is 1. The molecule has 118 valence electrons. The van der Waals surface area contributed by atoms with Crippen LogP contribution in [-0.2, 0) is 0 Å². The summed E-state index contributed by atoms with van der Waals surface area (Å²) in [6, 6.07) is 1.80. The highest BCUT2D eigenvalue weighted by atomic mass is 28.4. The summed E-state index contributed by atoms with van der Waals surface area (Å²) in [6.45, 7) is 14.3. The fourth-order valence-corrected chi connectivity index (χ4v) is 3.00. The molecule has 1 aromatic carbocycles. The first-order valence-electron chi connectivity index (χ1n) is 7.03. The molecule has 0 aliphatic rings. The standard InChI is InChI=1S/C16H26O4Si/c1-10-12(19-6)9-13(11(2)14(10)15(17)18)20-21(7,8)16(3,4)5/h9H,1-8H3,(H,17,18). The zero-order valence-electron chi connectivity index (χ0n) is 14.2. The second-order valence-electron chi connectivity index (χ2n) is 6.87. The van der Waals surface area contributed by atoms with Gasteiger partial charge in [0.2, 0.25) is 8.32 Å². The molecule has 0 fully saturated rings. The van der Waals surface area contributed by atoms with Crippen LogP contribution in [0.3, 0.4) is 0 Å². The molecule has 0 aliphatic heterocycles. The third kappa shape index (κ3) is 3.40. The molecule has 5 heteroatoms. The lowest BCUT2D eigenvalue weighted by Gasteiger charge is -2.37. The Balaban J connectivity index is 3.45. The van der Waals surface area contributed by atoms with E-state index in [1.807, 2.05) is 0 Å². The summed E-state index contributed by atoms with van der Waals surface area (Å²) in [5, 5.41) is 9.49. The molecule has 0 radical (unpaired) electrons. The van der Waals surface area contributed by atoms with E-state index in [1.165, 1.54) is 0 Å². The van der Waals surface area contributed by atoms with Crippen LogP contribution in [0.15, 0.2) is 6.07 Å². The van der Waals surface area contributed by atoms with Gasteiger partial charge in [0.15, 0.2) is 0 Å². The number of rotatable bonds is 4. The van der Waals surface area contributed by atoms with Crippen molar-refractivity contribution in [1.82, 2.24) is 0 Å². The minimum absolute atomic E-state index is 0.0426. The number of hydrogen-bond donors (Lipinski definition) is 1. The lowest BCUT2D eigenvalue weighted by Crippen LogP contribution is -2.44. The summed E-state index contributed by atoms with van der Waals surface area (Å²) in [5.74, 6) is 0.206. The molecule has 0 aromatic heterocycles. The second kappa shape index (κ2) is 5.71. The Labute approximate surface area is 128 Å². The quantitative estimate of drug-likeness (QED) is 0.838. The third-order valence-corrected chi connectivity index (χ3v) is 8.70. The van der Waals surface area contributed by atoms with Gasteiger partial charge in [0.1, 0.15) is 11.5 Å². The van der Waals surface area contributed by atoms with Gasteiger partial charge in [0.05, 0.1) is 12.7 Å². The van der Waals surface area contributed by atoms with Gasteiger partial charge in [0.25, 0.3) is 0 Å². The fraction of sp³-hybridized carbons (Fsp3) is 0.562. The average Bonchev–Trinajstić information content (AvgIpc) is 2.30. The molecular formula is C16H26O4Si. The van der Waals surface area contributed by atoms with E-state index in [9.17, 15) is 9.90 Å². The fourth-order valence-electron chi connectivity index (χ4n) is 1.93. The monoisotopic (exact) mass is 310 g/mol. The Morgan fingerprint density at radius 3 is 2.00 bits per heavy atom. The van der Waals surface area contributed by atoms with Crippen molar-refractivity contribution in [3.8, 4) is 11.5 Å². The number of benzene rings is 1. The van der Waals surface area contributed by atoms with Gasteiger partial charge in [-0.15, -0.1) is 0 Å². The Kier molecular flexibility index (Phi) is 4.78. The van der Waals surface area contributed by atoms with Crippen molar-refractivity contribution in [3.63, 3.8) is 0 Å². The van der Waals surface area contributed by atoms with E-state index in [4.69, 9.17) is 9.16 Å². The Bertz CT molecular complexity index is 556. The number of carboxylic acid groups (broad SMARTS) is 1. The van der Waals surface area contributed by atoms with E-state index in [2.05, 4.69) is 33.9 Å². The number of hydrogen-bond acceptors (Lipinski definition) is 3. The smallest absolute Gasteiger partial charge is 0.336 e. The van der Waals surface area contributed by atoms with Crippen LogP contribution >= 0.6 is 0 Å². The van der Waals surface area contributed by atoms with Crippen LogP contribution in [0.25, 0.3) is 0 Å². The number of carbonyl (C=O) groups is 1. The van der Waals surface area contributed by atoms with Crippen molar-refractivity contribution in [2.75, 3.05) is 7.11 Å². The molecule has 0 heterocycles. The van der Waals surface area contributed by atoms with E-state index >= 15 is 0 Å². The lowest BCUT2D eigenvalue weighted by atomic mass is 10.0. The molecule has 4 nitrogen and oxygen atoms in total. The molecule has 0 bridgehead atoms. The molecular weight excluding hydrogens is 284 g/mol. The first-order valence-corrected chi connectivity index (χ1v) is 9.93. The van der Waals surface area contributed by atoms with Crippen LogP contribution in [0.1, 0.15) is 42.3 Å². The molecule has 0 aliphatic carbocycles. The van der Waals surface area contributed by atoms with Crippen molar-refractivity contribution < 1.29 is 19.1 Å². The third-order valence-electron chi connectivity index (χ3n) is 4.36. The average molecular weight is 310 g/mol. The van der Waals surface area contributed by atoms with Gasteiger partial charge in [-0.2, -0.15) is 0 Å². The maximum absolute atomic E-state index is 11.5. The van der Waals surface area contributed by atoms with Crippen molar-refractivity contribution in [2.24, 2.45) is 0 Å². The molecule has 21 heavy (non-hydrogen) atoms. The van der Waals surface area contributed by atoms with Gasteiger partial charge >= 0.3 is 5.97 Å². The van der Waals surface area contributed by atoms with E-state index in [0.717, 1.165) is 0 Å². The predicted molar refractivity (Wildman–Crippen MR) is 87.3 cm³/mol. The zero-order valence-corrected chi connectivity index (χ0v) is 15.2. The highest BCUT2D eigenvalue weighted by Crippen LogP contribution is 2.40. The molecule has 0 amide bonds. The van der Waals surface area contributed by atoms with Gasteiger partial charge in [-0.25, -0.2) is 4.79 Å². The van der Waals surface area contributed by atoms with Crippen LogP contribution in [0.5, 0.6) is 11.5 Å². The predicted octanol–water partition coefficient (Wildman–Crippen LogP) is 4.39. The summed E-state index contributed by atoms with van der Waals surface area (Å²) in [4.78, 5) is 11.5. The Morgan fingerprint density at radius 2 is 1.62 bits per heavy atom. The summed E-state index contributed by atoms with van der Waals surface area (Å²) in [7, 11) is -0.495. The van der Waals surface area contributed by atoms with Crippen LogP contribution in [-0.4, -0.2) is 26.5 Å². The van der Waals surface area contributed by atoms with E-state index in [-0.39, 0.29) is 10.6 Å². The van der Waals surface area contributed by atoms with E-state index in [1.54, 1.807) is 27.0 Å². The van der Waals surface area contributed by atoms with Crippen LogP contribution in [0, 0.1) is 13.8 Å². The first-order chi connectivity index (χ1) is 9.42. The van der Waals surface area contributed by atoms with Crippen molar-refractivity contribution >= 4 is 14.3 Å². The largest absolute Gasteiger partial charge is 0.543 e. The number of ether oxygens (including phenoxy) is 1. The van der Waals surface area contributed by atoms with Gasteiger partial charge < -0.3 is 14.3 Å². The molecule has 0 spiro atoms. The van der Waals surface area contributed by atoms with Gasteiger partial charge in [-0.05, 0) is 32.0 Å². The highest BCUT2D eigenvalue weighted by molar-refractivity contribution is 6.74. The van der Waals surface area contributed by atoms with E-state index < -0.39 is 14.3 Å². The molecule has 0 atom stereocenters. The SMILES string of the molecule is COc1cc(O[Si](C)(C)C(C)(C)C)c(C)c(C(=O)O)c1C. The minimum Gasteiger partial charge on any atom is -0.543 e. The van der Waals surface area contributed by atoms with Gasteiger partial charge in [-0.1, -0.05) is 20.8 Å². The molecule has 1 aromatic rings. The molecule has 1 rings (SSSR count). The summed E-state index contributed by atoms with van der Waals surface area (Å²) in [5.41, 5.74) is 1.55. The molecule has 0 saturated heterocycles. The Hall–Kier alpha value is -1.49. The Morgan fingerprint density at radius 1 is 1.14 bits per heavy atom. The van der Waals surface area contributed by atoms with Crippen LogP contribution in [0.4, 0.5) is 0 Å². The number of methoxy groups -OCH3 is 1. The normalized spacial score (nSPS) is 12.2. The van der Waals surface area contributed by atoms with Crippen molar-refractivity contribution in [2.45, 2.75) is 52.8 Å². The summed E-state index contributed by atoms with van der Waals surface area (Å²) < 4.78 is 11.6. The minimum atomic E-state index is -2.04. The number of carboxylic acids is 1.